The summed E-state index contributed by atoms with van der Waals surface area (Å²) in [5, 5.41) is 20.1. The highest BCUT2D eigenvalue weighted by Gasteiger charge is 2.17. The van der Waals surface area contributed by atoms with Crippen LogP contribution in [-0.4, -0.2) is 61.2 Å². The van der Waals surface area contributed by atoms with Crippen molar-refractivity contribution in [1.82, 2.24) is 5.32 Å². The first kappa shape index (κ1) is 16.8. The molecule has 0 saturated carbocycles. The molecule has 3 N–H and O–H groups in total. The molecule has 0 amide bonds. The summed E-state index contributed by atoms with van der Waals surface area (Å²) >= 11 is 0. The maximum Gasteiger partial charge on any atom is 0.320 e. The quantitative estimate of drug-likeness (QED) is 0.424. The first-order valence-electron chi connectivity index (χ1n) is 5.91. The minimum absolute atomic E-state index is 0.0591. The Morgan fingerprint density at radius 3 is 2.39 bits per heavy atom. The van der Waals surface area contributed by atoms with Crippen LogP contribution < -0.4 is 5.32 Å². The minimum Gasteiger partial charge on any atom is -0.481 e. The van der Waals surface area contributed by atoms with E-state index in [0.717, 1.165) is 0 Å². The Kier molecular flexibility index (Phi) is 10.2. The van der Waals surface area contributed by atoms with Gasteiger partial charge in [0.1, 0.15) is 6.04 Å². The zero-order valence-corrected chi connectivity index (χ0v) is 10.6. The summed E-state index contributed by atoms with van der Waals surface area (Å²) in [5.74, 6) is -2.05. The van der Waals surface area contributed by atoms with Crippen molar-refractivity contribution in [2.75, 3.05) is 33.0 Å². The van der Waals surface area contributed by atoms with Gasteiger partial charge in [-0.15, -0.1) is 0 Å². The average molecular weight is 263 g/mol. The molecular weight excluding hydrogens is 242 g/mol. The van der Waals surface area contributed by atoms with Gasteiger partial charge in [0.05, 0.1) is 19.8 Å². The number of ether oxygens (including phenoxy) is 2. The lowest BCUT2D eigenvalue weighted by Crippen LogP contribution is -2.39. The number of rotatable bonds is 12. The van der Waals surface area contributed by atoms with Crippen LogP contribution in [0.5, 0.6) is 0 Å². The van der Waals surface area contributed by atoms with Gasteiger partial charge in [-0.25, -0.2) is 0 Å². The van der Waals surface area contributed by atoms with Crippen molar-refractivity contribution in [3.8, 4) is 0 Å². The number of carboxylic acid groups (broad SMARTS) is 2. The van der Waals surface area contributed by atoms with E-state index in [1.165, 1.54) is 0 Å². The first-order valence-corrected chi connectivity index (χ1v) is 5.91. The summed E-state index contributed by atoms with van der Waals surface area (Å²) in [6, 6.07) is -0.850. The van der Waals surface area contributed by atoms with Gasteiger partial charge in [0.15, 0.2) is 0 Å². The van der Waals surface area contributed by atoms with Gasteiger partial charge in [-0.2, -0.15) is 0 Å². The van der Waals surface area contributed by atoms with Crippen molar-refractivity contribution in [2.24, 2.45) is 0 Å². The molecule has 0 radical (unpaired) electrons. The number of carbonyl (C=O) groups is 2. The molecule has 1 atom stereocenters. The third kappa shape index (κ3) is 10.0. The lowest BCUT2D eigenvalue weighted by Gasteiger charge is -2.13. The largest absolute Gasteiger partial charge is 0.481 e. The maximum atomic E-state index is 10.8. The molecule has 0 fully saturated rings. The molecule has 18 heavy (non-hydrogen) atoms. The van der Waals surface area contributed by atoms with Crippen LogP contribution in [0.1, 0.15) is 19.8 Å². The fourth-order valence-electron chi connectivity index (χ4n) is 1.25. The van der Waals surface area contributed by atoms with Gasteiger partial charge in [-0.05, 0) is 13.3 Å². The summed E-state index contributed by atoms with van der Waals surface area (Å²) in [6.07, 6.45) is -0.112. The summed E-state index contributed by atoms with van der Waals surface area (Å²) in [4.78, 5) is 21.1. The fraction of sp³-hybridized carbons (Fsp3) is 0.818. The van der Waals surface area contributed by atoms with E-state index in [1.807, 2.05) is 6.92 Å². The van der Waals surface area contributed by atoms with Gasteiger partial charge in [-0.1, -0.05) is 0 Å². The van der Waals surface area contributed by atoms with Gasteiger partial charge in [-0.3, -0.25) is 9.59 Å². The van der Waals surface area contributed by atoms with Crippen LogP contribution in [0, 0.1) is 0 Å². The molecule has 0 aliphatic rings. The van der Waals surface area contributed by atoms with Gasteiger partial charge in [0.25, 0.3) is 0 Å². The topological polar surface area (TPSA) is 105 Å². The molecule has 0 saturated heterocycles. The zero-order valence-electron chi connectivity index (χ0n) is 10.6. The van der Waals surface area contributed by atoms with Crippen LogP contribution >= 0.6 is 0 Å². The van der Waals surface area contributed by atoms with E-state index in [4.69, 9.17) is 19.7 Å². The van der Waals surface area contributed by atoms with E-state index in [1.54, 1.807) is 0 Å². The Morgan fingerprint density at radius 1 is 1.17 bits per heavy atom. The number of aliphatic carboxylic acids is 2. The van der Waals surface area contributed by atoms with Gasteiger partial charge in [0, 0.05) is 19.6 Å². The minimum atomic E-state index is -1.05. The van der Waals surface area contributed by atoms with Gasteiger partial charge < -0.3 is 25.0 Å². The van der Waals surface area contributed by atoms with Crippen molar-refractivity contribution in [3.05, 3.63) is 0 Å². The van der Waals surface area contributed by atoms with Crippen molar-refractivity contribution < 1.29 is 29.3 Å². The van der Waals surface area contributed by atoms with E-state index in [2.05, 4.69) is 5.32 Å². The van der Waals surface area contributed by atoms with Crippen LogP contribution in [0.4, 0.5) is 0 Å². The SMILES string of the molecule is CCOCCOCCNC(CCC(=O)O)C(=O)O. The highest BCUT2D eigenvalue weighted by atomic mass is 16.5. The van der Waals surface area contributed by atoms with E-state index in [0.29, 0.717) is 33.0 Å². The average Bonchev–Trinajstić information content (AvgIpc) is 2.31. The molecule has 0 bridgehead atoms. The van der Waals surface area contributed by atoms with E-state index in [-0.39, 0.29) is 12.8 Å². The third-order valence-corrected chi connectivity index (χ3v) is 2.16. The molecule has 0 rings (SSSR count). The number of hydrogen-bond donors (Lipinski definition) is 3. The highest BCUT2D eigenvalue weighted by molar-refractivity contribution is 5.75. The Bertz CT molecular complexity index is 246. The summed E-state index contributed by atoms with van der Waals surface area (Å²) in [6.45, 7) is 4.23. The molecule has 0 aliphatic carbocycles. The second-order valence-electron chi connectivity index (χ2n) is 3.59. The molecular formula is C11H21NO6. The lowest BCUT2D eigenvalue weighted by atomic mass is 10.1. The molecule has 0 heterocycles. The number of hydrogen-bond acceptors (Lipinski definition) is 5. The normalized spacial score (nSPS) is 12.3. The Morgan fingerprint density at radius 2 is 1.83 bits per heavy atom. The Labute approximate surface area is 106 Å². The van der Waals surface area contributed by atoms with Crippen LogP contribution in [0.25, 0.3) is 0 Å². The van der Waals surface area contributed by atoms with Gasteiger partial charge in [0.2, 0.25) is 0 Å². The molecule has 0 aromatic heterocycles. The first-order chi connectivity index (χ1) is 8.57. The molecule has 0 aromatic rings. The van der Waals surface area contributed by atoms with Crippen molar-refractivity contribution >= 4 is 11.9 Å². The molecule has 0 aromatic carbocycles. The zero-order chi connectivity index (χ0) is 13.8. The van der Waals surface area contributed by atoms with Crippen LogP contribution in [0.15, 0.2) is 0 Å². The number of carboxylic acids is 2. The van der Waals surface area contributed by atoms with Crippen LogP contribution in [-0.2, 0) is 19.1 Å². The second kappa shape index (κ2) is 10.9. The summed E-state index contributed by atoms with van der Waals surface area (Å²) in [7, 11) is 0. The van der Waals surface area contributed by atoms with Crippen molar-refractivity contribution in [2.45, 2.75) is 25.8 Å². The van der Waals surface area contributed by atoms with E-state index >= 15 is 0 Å². The standard InChI is InChI=1S/C11H21NO6/c1-2-17-7-8-18-6-5-12-9(11(15)16)3-4-10(13)14/h9,12H,2-8H2,1H3,(H,13,14)(H,15,16). The Balaban J connectivity index is 3.58. The highest BCUT2D eigenvalue weighted by Crippen LogP contribution is 1.97. The number of nitrogens with one attached hydrogen (secondary N) is 1. The van der Waals surface area contributed by atoms with Crippen molar-refractivity contribution in [3.63, 3.8) is 0 Å². The molecule has 1 unspecified atom stereocenters. The van der Waals surface area contributed by atoms with Crippen LogP contribution in [0.3, 0.4) is 0 Å². The second-order valence-corrected chi connectivity index (χ2v) is 3.59. The smallest absolute Gasteiger partial charge is 0.320 e. The maximum absolute atomic E-state index is 10.8. The summed E-state index contributed by atoms with van der Waals surface area (Å²) < 4.78 is 10.3. The lowest BCUT2D eigenvalue weighted by molar-refractivity contribution is -0.140. The molecule has 7 nitrogen and oxygen atoms in total. The predicted molar refractivity (Wildman–Crippen MR) is 63.6 cm³/mol. The van der Waals surface area contributed by atoms with Crippen LogP contribution in [0.2, 0.25) is 0 Å². The predicted octanol–water partition coefficient (Wildman–Crippen LogP) is -0.0529. The molecule has 7 heteroatoms. The fourth-order valence-corrected chi connectivity index (χ4v) is 1.25. The third-order valence-electron chi connectivity index (χ3n) is 2.16. The molecule has 0 spiro atoms. The van der Waals surface area contributed by atoms with E-state index < -0.39 is 18.0 Å². The van der Waals surface area contributed by atoms with Gasteiger partial charge >= 0.3 is 11.9 Å². The van der Waals surface area contributed by atoms with E-state index in [9.17, 15) is 9.59 Å². The monoisotopic (exact) mass is 263 g/mol. The Hall–Kier alpha value is -1.18. The van der Waals surface area contributed by atoms with Crippen molar-refractivity contribution in [1.29, 1.82) is 0 Å². The molecule has 0 aliphatic heterocycles. The molecule has 106 valence electrons. The summed E-state index contributed by atoms with van der Waals surface area (Å²) in [5.41, 5.74) is 0.